The minimum absolute atomic E-state index is 0.0622. The number of anilines is 1. The summed E-state index contributed by atoms with van der Waals surface area (Å²) in [6.45, 7) is 6.54. The first kappa shape index (κ1) is 16.9. The van der Waals surface area contributed by atoms with Gasteiger partial charge in [0.2, 0.25) is 11.3 Å². The molecule has 1 amide bonds. The van der Waals surface area contributed by atoms with Crippen molar-refractivity contribution in [3.05, 3.63) is 34.1 Å². The van der Waals surface area contributed by atoms with Gasteiger partial charge in [0.25, 0.3) is 0 Å². The first-order chi connectivity index (χ1) is 11.9. The van der Waals surface area contributed by atoms with E-state index in [2.05, 4.69) is 9.88 Å². The normalized spacial score (nSPS) is 14.8. The number of rotatable bonds is 3. The van der Waals surface area contributed by atoms with Gasteiger partial charge in [-0.25, -0.2) is 9.78 Å². The molecule has 0 radical (unpaired) electrons. The molecule has 2 aromatic rings. The maximum Gasteiger partial charge on any atom is 0.341 e. The van der Waals surface area contributed by atoms with E-state index in [1.807, 2.05) is 6.92 Å². The molecule has 8 nitrogen and oxygen atoms in total. The van der Waals surface area contributed by atoms with E-state index in [4.69, 9.17) is 0 Å². The predicted octanol–water partition coefficient (Wildman–Crippen LogP) is 0.783. The second kappa shape index (κ2) is 6.54. The number of nitrogens with zero attached hydrogens (tertiary/aromatic N) is 4. The van der Waals surface area contributed by atoms with E-state index in [1.54, 1.807) is 28.5 Å². The Labute approximate surface area is 144 Å². The van der Waals surface area contributed by atoms with Gasteiger partial charge in [0, 0.05) is 45.8 Å². The van der Waals surface area contributed by atoms with Gasteiger partial charge in [-0.2, -0.15) is 0 Å². The number of carboxylic acids is 1. The number of aromatic carboxylic acids is 1. The number of fused-ring (bicyclic) bond motifs is 1. The van der Waals surface area contributed by atoms with Crippen molar-refractivity contribution in [2.45, 2.75) is 20.4 Å². The van der Waals surface area contributed by atoms with Crippen LogP contribution in [0, 0.1) is 0 Å². The lowest BCUT2D eigenvalue weighted by Gasteiger charge is -2.35. The van der Waals surface area contributed by atoms with Crippen molar-refractivity contribution in [2.24, 2.45) is 0 Å². The van der Waals surface area contributed by atoms with Crippen molar-refractivity contribution in [3.8, 4) is 0 Å². The lowest BCUT2D eigenvalue weighted by Crippen LogP contribution is -2.48. The highest BCUT2D eigenvalue weighted by Crippen LogP contribution is 2.18. The number of carboxylic acid groups (broad SMARTS) is 1. The number of piperazine rings is 1. The van der Waals surface area contributed by atoms with Crippen LogP contribution in [0.3, 0.4) is 0 Å². The van der Waals surface area contributed by atoms with Gasteiger partial charge in [0.1, 0.15) is 17.0 Å². The highest BCUT2D eigenvalue weighted by atomic mass is 16.4. The zero-order valence-corrected chi connectivity index (χ0v) is 14.2. The number of carbonyl (C=O) groups excluding carboxylic acids is 1. The molecule has 3 rings (SSSR count). The van der Waals surface area contributed by atoms with Crippen molar-refractivity contribution < 1.29 is 14.7 Å². The van der Waals surface area contributed by atoms with Crippen molar-refractivity contribution >= 4 is 28.7 Å². The lowest BCUT2D eigenvalue weighted by molar-refractivity contribution is -0.129. The van der Waals surface area contributed by atoms with E-state index < -0.39 is 11.4 Å². The highest BCUT2D eigenvalue weighted by Gasteiger charge is 2.21. The molecule has 0 spiro atoms. The van der Waals surface area contributed by atoms with Crippen LogP contribution in [0.4, 0.5) is 5.82 Å². The molecular weight excluding hydrogens is 324 g/mol. The molecule has 1 N–H and O–H groups in total. The number of aromatic nitrogens is 2. The topological polar surface area (TPSA) is 95.7 Å². The first-order valence-corrected chi connectivity index (χ1v) is 8.20. The Kier molecular flexibility index (Phi) is 4.43. The summed E-state index contributed by atoms with van der Waals surface area (Å²) in [6, 6.07) is 3.37. The Balaban J connectivity index is 2.00. The summed E-state index contributed by atoms with van der Waals surface area (Å²) in [4.78, 5) is 43.5. The maximum absolute atomic E-state index is 12.4. The SMILES string of the molecule is CCn1cc(C(=O)O)c(=O)c2ccc(N3CCN(C(C)=O)CC3)nc21. The third-order valence-electron chi connectivity index (χ3n) is 4.53. The number of aryl methyl sites for hydroxylation is 1. The smallest absolute Gasteiger partial charge is 0.341 e. The molecule has 1 saturated heterocycles. The fourth-order valence-electron chi connectivity index (χ4n) is 3.08. The van der Waals surface area contributed by atoms with Crippen LogP contribution in [0.5, 0.6) is 0 Å². The quantitative estimate of drug-likeness (QED) is 0.884. The average molecular weight is 344 g/mol. The molecule has 0 aromatic carbocycles. The van der Waals surface area contributed by atoms with Crippen LogP contribution in [0.1, 0.15) is 24.2 Å². The van der Waals surface area contributed by atoms with Gasteiger partial charge in [-0.3, -0.25) is 9.59 Å². The minimum atomic E-state index is -1.24. The fraction of sp³-hybridized carbons (Fsp3) is 0.412. The van der Waals surface area contributed by atoms with Crippen LogP contribution in [0.25, 0.3) is 11.0 Å². The number of hydrogen-bond acceptors (Lipinski definition) is 5. The number of carbonyl (C=O) groups is 2. The molecule has 0 unspecified atom stereocenters. The Morgan fingerprint density at radius 2 is 1.88 bits per heavy atom. The maximum atomic E-state index is 12.4. The Bertz CT molecular complexity index is 897. The molecule has 1 aliphatic rings. The molecule has 8 heteroatoms. The summed E-state index contributed by atoms with van der Waals surface area (Å²) >= 11 is 0. The lowest BCUT2D eigenvalue weighted by atomic mass is 10.2. The van der Waals surface area contributed by atoms with Crippen LogP contribution < -0.4 is 10.3 Å². The van der Waals surface area contributed by atoms with Gasteiger partial charge in [-0.1, -0.05) is 0 Å². The van der Waals surface area contributed by atoms with Crippen molar-refractivity contribution in [1.82, 2.24) is 14.5 Å². The fourth-order valence-corrected chi connectivity index (χ4v) is 3.08. The monoisotopic (exact) mass is 344 g/mol. The van der Waals surface area contributed by atoms with E-state index >= 15 is 0 Å². The van der Waals surface area contributed by atoms with Crippen molar-refractivity contribution in [3.63, 3.8) is 0 Å². The summed E-state index contributed by atoms with van der Waals surface area (Å²) in [5, 5.41) is 9.50. The molecule has 0 aliphatic carbocycles. The summed E-state index contributed by atoms with van der Waals surface area (Å²) in [6.07, 6.45) is 1.34. The number of amides is 1. The van der Waals surface area contributed by atoms with E-state index in [1.165, 1.54) is 6.20 Å². The summed E-state index contributed by atoms with van der Waals surface area (Å²) in [5.74, 6) is -0.453. The Morgan fingerprint density at radius 1 is 1.20 bits per heavy atom. The number of hydrogen-bond donors (Lipinski definition) is 1. The van der Waals surface area contributed by atoms with Crippen LogP contribution in [0.15, 0.2) is 23.1 Å². The zero-order chi connectivity index (χ0) is 18.1. The third kappa shape index (κ3) is 3.07. The number of pyridine rings is 2. The van der Waals surface area contributed by atoms with Gasteiger partial charge in [-0.05, 0) is 19.1 Å². The molecule has 1 aliphatic heterocycles. The van der Waals surface area contributed by atoms with Crippen LogP contribution >= 0.6 is 0 Å². The van der Waals surface area contributed by atoms with Crippen molar-refractivity contribution in [1.29, 1.82) is 0 Å². The predicted molar refractivity (Wildman–Crippen MR) is 93.1 cm³/mol. The largest absolute Gasteiger partial charge is 0.477 e. The van der Waals surface area contributed by atoms with E-state index in [0.717, 1.165) is 5.82 Å². The van der Waals surface area contributed by atoms with Gasteiger partial charge in [0.15, 0.2) is 0 Å². The van der Waals surface area contributed by atoms with Crippen LogP contribution in [-0.2, 0) is 11.3 Å². The second-order valence-corrected chi connectivity index (χ2v) is 6.00. The highest BCUT2D eigenvalue weighted by molar-refractivity contribution is 5.92. The van der Waals surface area contributed by atoms with Gasteiger partial charge in [-0.15, -0.1) is 0 Å². The average Bonchev–Trinajstić information content (AvgIpc) is 2.61. The summed E-state index contributed by atoms with van der Waals surface area (Å²) in [5.41, 5.74) is -0.296. The molecule has 3 heterocycles. The summed E-state index contributed by atoms with van der Waals surface area (Å²) < 4.78 is 1.68. The Hall–Kier alpha value is -2.90. The van der Waals surface area contributed by atoms with E-state index in [0.29, 0.717) is 43.8 Å². The molecule has 0 bridgehead atoms. The summed E-state index contributed by atoms with van der Waals surface area (Å²) in [7, 11) is 0. The first-order valence-electron chi connectivity index (χ1n) is 8.20. The molecule has 25 heavy (non-hydrogen) atoms. The minimum Gasteiger partial charge on any atom is -0.477 e. The standard InChI is InChI=1S/C17H20N4O4/c1-3-19-10-13(17(24)25)15(23)12-4-5-14(18-16(12)19)21-8-6-20(7-9-21)11(2)22/h4-5,10H,3,6-9H2,1-2H3,(H,24,25). The van der Waals surface area contributed by atoms with Crippen LogP contribution in [0.2, 0.25) is 0 Å². The molecule has 132 valence electrons. The van der Waals surface area contributed by atoms with Crippen LogP contribution in [-0.4, -0.2) is 57.6 Å². The van der Waals surface area contributed by atoms with E-state index in [9.17, 15) is 19.5 Å². The van der Waals surface area contributed by atoms with Crippen molar-refractivity contribution in [2.75, 3.05) is 31.1 Å². The van der Waals surface area contributed by atoms with Gasteiger partial charge >= 0.3 is 5.97 Å². The second-order valence-electron chi connectivity index (χ2n) is 6.00. The van der Waals surface area contributed by atoms with Gasteiger partial charge in [0.05, 0.1) is 5.39 Å². The molecular formula is C17H20N4O4. The molecule has 2 aromatic heterocycles. The van der Waals surface area contributed by atoms with E-state index in [-0.39, 0.29) is 11.5 Å². The molecule has 1 fully saturated rings. The third-order valence-corrected chi connectivity index (χ3v) is 4.53. The molecule has 0 atom stereocenters. The molecule has 0 saturated carbocycles. The van der Waals surface area contributed by atoms with Gasteiger partial charge < -0.3 is 19.5 Å². The Morgan fingerprint density at radius 3 is 2.44 bits per heavy atom. The zero-order valence-electron chi connectivity index (χ0n) is 14.2.